The largest absolute Gasteiger partial charge is 0.406 e. The Morgan fingerprint density at radius 3 is 2.55 bits per heavy atom. The lowest BCUT2D eigenvalue weighted by Crippen LogP contribution is -2.45. The monoisotopic (exact) mass is 288 g/mol. The number of nitrogens with one attached hydrogen (secondary N) is 1. The second-order valence-corrected chi connectivity index (χ2v) is 5.07. The fourth-order valence-corrected chi connectivity index (χ4v) is 2.14. The molecule has 1 atom stereocenters. The molecule has 2 rings (SSSR count). The highest BCUT2D eigenvalue weighted by atomic mass is 19.4. The number of amides is 1. The van der Waals surface area contributed by atoms with E-state index in [1.807, 2.05) is 0 Å². The summed E-state index contributed by atoms with van der Waals surface area (Å²) in [7, 11) is 0. The number of pyridine rings is 1. The number of alkyl halides is 3. The molecule has 0 aliphatic heterocycles. The van der Waals surface area contributed by atoms with Gasteiger partial charge in [-0.2, -0.15) is 13.2 Å². The van der Waals surface area contributed by atoms with E-state index in [0.717, 1.165) is 30.0 Å². The third kappa shape index (κ3) is 3.61. The number of aromatic amines is 1. The molecule has 0 spiro atoms. The van der Waals surface area contributed by atoms with Crippen molar-refractivity contribution in [2.45, 2.75) is 32.0 Å². The lowest BCUT2D eigenvalue weighted by atomic mass is 10.1. The SMILES string of the molecule is CC(C1CC1)N(CC(F)(F)F)C(=O)c1ccc(=O)[nH]c1. The van der Waals surface area contributed by atoms with Gasteiger partial charge in [0, 0.05) is 18.3 Å². The zero-order chi connectivity index (χ0) is 14.9. The summed E-state index contributed by atoms with van der Waals surface area (Å²) in [6.07, 6.45) is -1.61. The molecule has 0 aromatic carbocycles. The summed E-state index contributed by atoms with van der Waals surface area (Å²) in [6.45, 7) is 0.357. The fraction of sp³-hybridized carbons (Fsp3) is 0.538. The van der Waals surface area contributed by atoms with Gasteiger partial charge in [0.05, 0.1) is 5.56 Å². The Labute approximate surface area is 113 Å². The van der Waals surface area contributed by atoms with Gasteiger partial charge in [0.1, 0.15) is 6.54 Å². The first kappa shape index (κ1) is 14.6. The van der Waals surface area contributed by atoms with E-state index >= 15 is 0 Å². The van der Waals surface area contributed by atoms with Crippen LogP contribution >= 0.6 is 0 Å². The van der Waals surface area contributed by atoms with E-state index in [-0.39, 0.29) is 11.5 Å². The van der Waals surface area contributed by atoms with Crippen LogP contribution in [-0.2, 0) is 0 Å². The first-order chi connectivity index (χ1) is 9.28. The van der Waals surface area contributed by atoms with Gasteiger partial charge in [-0.05, 0) is 31.7 Å². The Morgan fingerprint density at radius 1 is 1.45 bits per heavy atom. The molecule has 7 heteroatoms. The predicted octanol–water partition coefficient (Wildman–Crippen LogP) is 2.18. The molecule has 20 heavy (non-hydrogen) atoms. The molecular formula is C13H15F3N2O2. The van der Waals surface area contributed by atoms with Crippen LogP contribution in [0.15, 0.2) is 23.1 Å². The Bertz CT molecular complexity index is 529. The summed E-state index contributed by atoms with van der Waals surface area (Å²) >= 11 is 0. The van der Waals surface area contributed by atoms with Gasteiger partial charge in [-0.25, -0.2) is 0 Å². The first-order valence-corrected chi connectivity index (χ1v) is 6.34. The van der Waals surface area contributed by atoms with Crippen LogP contribution in [0.5, 0.6) is 0 Å². The van der Waals surface area contributed by atoms with Gasteiger partial charge in [-0.3, -0.25) is 9.59 Å². The van der Waals surface area contributed by atoms with E-state index < -0.39 is 30.2 Å². The van der Waals surface area contributed by atoms with Crippen LogP contribution in [0.3, 0.4) is 0 Å². The number of nitrogens with zero attached hydrogens (tertiary/aromatic N) is 1. The number of carbonyl (C=O) groups excluding carboxylic acids is 1. The minimum atomic E-state index is -4.44. The van der Waals surface area contributed by atoms with Crippen molar-refractivity contribution >= 4 is 5.91 Å². The fourth-order valence-electron chi connectivity index (χ4n) is 2.14. The summed E-state index contributed by atoms with van der Waals surface area (Å²) in [5, 5.41) is 0. The van der Waals surface area contributed by atoms with E-state index in [4.69, 9.17) is 0 Å². The minimum Gasteiger partial charge on any atom is -0.328 e. The maximum atomic E-state index is 12.6. The zero-order valence-electron chi connectivity index (χ0n) is 10.9. The molecule has 1 heterocycles. The average molecular weight is 288 g/mol. The number of hydrogen-bond donors (Lipinski definition) is 1. The highest BCUT2D eigenvalue weighted by Gasteiger charge is 2.40. The molecule has 0 radical (unpaired) electrons. The molecule has 1 aliphatic carbocycles. The molecule has 0 saturated heterocycles. The van der Waals surface area contributed by atoms with Crippen LogP contribution < -0.4 is 5.56 Å². The summed E-state index contributed by atoms with van der Waals surface area (Å²) in [5.41, 5.74) is -0.347. The van der Waals surface area contributed by atoms with Gasteiger partial charge in [0.25, 0.3) is 5.91 Å². The van der Waals surface area contributed by atoms with Gasteiger partial charge in [-0.1, -0.05) is 0 Å². The molecular weight excluding hydrogens is 273 g/mol. The van der Waals surface area contributed by atoms with Crippen molar-refractivity contribution < 1.29 is 18.0 Å². The standard InChI is InChI=1S/C13H15F3N2O2/c1-8(9-2-3-9)18(7-13(14,15)16)12(20)10-4-5-11(19)17-6-10/h4-6,8-9H,2-3,7H2,1H3,(H,17,19). The maximum Gasteiger partial charge on any atom is 0.406 e. The van der Waals surface area contributed by atoms with Crippen LogP contribution in [0.2, 0.25) is 0 Å². The Hall–Kier alpha value is -1.79. The van der Waals surface area contributed by atoms with E-state index in [1.54, 1.807) is 6.92 Å². The Kier molecular flexibility index (Phi) is 3.87. The van der Waals surface area contributed by atoms with Crippen molar-refractivity contribution in [2.75, 3.05) is 6.54 Å². The highest BCUT2D eigenvalue weighted by Crippen LogP contribution is 2.36. The van der Waals surface area contributed by atoms with E-state index in [1.165, 1.54) is 6.07 Å². The second-order valence-electron chi connectivity index (χ2n) is 5.07. The lowest BCUT2D eigenvalue weighted by Gasteiger charge is -2.30. The molecule has 1 saturated carbocycles. The van der Waals surface area contributed by atoms with E-state index in [0.29, 0.717) is 0 Å². The van der Waals surface area contributed by atoms with Gasteiger partial charge < -0.3 is 9.88 Å². The molecule has 1 N–H and O–H groups in total. The number of halogens is 3. The summed E-state index contributed by atoms with van der Waals surface area (Å²) in [5.74, 6) is -0.581. The number of aromatic nitrogens is 1. The van der Waals surface area contributed by atoms with Gasteiger partial charge >= 0.3 is 6.18 Å². The molecule has 110 valence electrons. The summed E-state index contributed by atoms with van der Waals surface area (Å²) in [6, 6.07) is 1.90. The van der Waals surface area contributed by atoms with Crippen molar-refractivity contribution in [3.8, 4) is 0 Å². The smallest absolute Gasteiger partial charge is 0.328 e. The number of rotatable bonds is 4. The Morgan fingerprint density at radius 2 is 2.10 bits per heavy atom. The van der Waals surface area contributed by atoms with E-state index in [9.17, 15) is 22.8 Å². The first-order valence-electron chi connectivity index (χ1n) is 6.34. The summed E-state index contributed by atoms with van der Waals surface area (Å²) in [4.78, 5) is 26.3. The van der Waals surface area contributed by atoms with Crippen LogP contribution in [0.1, 0.15) is 30.1 Å². The quantitative estimate of drug-likeness (QED) is 0.923. The lowest BCUT2D eigenvalue weighted by molar-refractivity contribution is -0.144. The molecule has 1 aromatic heterocycles. The third-order valence-electron chi connectivity index (χ3n) is 3.44. The molecule has 4 nitrogen and oxygen atoms in total. The van der Waals surface area contributed by atoms with Crippen molar-refractivity contribution in [3.05, 3.63) is 34.2 Å². The van der Waals surface area contributed by atoms with Crippen molar-refractivity contribution in [2.24, 2.45) is 5.92 Å². The average Bonchev–Trinajstić information content (AvgIpc) is 3.18. The van der Waals surface area contributed by atoms with Crippen LogP contribution in [0.4, 0.5) is 13.2 Å². The Balaban J connectivity index is 2.22. The number of hydrogen-bond acceptors (Lipinski definition) is 2. The molecule has 1 amide bonds. The van der Waals surface area contributed by atoms with Crippen LogP contribution in [0, 0.1) is 5.92 Å². The molecule has 1 unspecified atom stereocenters. The third-order valence-corrected chi connectivity index (χ3v) is 3.44. The molecule has 1 aromatic rings. The van der Waals surface area contributed by atoms with Gasteiger partial charge in [0.2, 0.25) is 5.56 Å². The van der Waals surface area contributed by atoms with Crippen molar-refractivity contribution in [1.29, 1.82) is 0 Å². The van der Waals surface area contributed by atoms with Crippen molar-refractivity contribution in [1.82, 2.24) is 9.88 Å². The molecule has 1 aliphatic rings. The molecule has 1 fully saturated rings. The number of H-pyrrole nitrogens is 1. The van der Waals surface area contributed by atoms with Crippen LogP contribution in [0.25, 0.3) is 0 Å². The van der Waals surface area contributed by atoms with Crippen molar-refractivity contribution in [3.63, 3.8) is 0 Å². The minimum absolute atomic E-state index is 0.0568. The van der Waals surface area contributed by atoms with Gasteiger partial charge in [-0.15, -0.1) is 0 Å². The molecule has 0 bridgehead atoms. The normalized spacial score (nSPS) is 16.8. The predicted molar refractivity (Wildman–Crippen MR) is 66.3 cm³/mol. The second kappa shape index (κ2) is 5.30. The van der Waals surface area contributed by atoms with E-state index in [2.05, 4.69) is 4.98 Å². The summed E-state index contributed by atoms with van der Waals surface area (Å²) < 4.78 is 37.9. The maximum absolute atomic E-state index is 12.6. The van der Waals surface area contributed by atoms with Crippen LogP contribution in [-0.4, -0.2) is 34.6 Å². The topological polar surface area (TPSA) is 53.2 Å². The zero-order valence-corrected chi connectivity index (χ0v) is 10.9. The van der Waals surface area contributed by atoms with Gasteiger partial charge in [0.15, 0.2) is 0 Å². The highest BCUT2D eigenvalue weighted by molar-refractivity contribution is 5.94. The number of carbonyl (C=O) groups is 1.